The third-order valence-corrected chi connectivity index (χ3v) is 7.27. The maximum absolute atomic E-state index is 15.3. The van der Waals surface area contributed by atoms with Gasteiger partial charge in [0, 0.05) is 68.7 Å². The first-order valence-electron chi connectivity index (χ1n) is 13.1. The fraction of sp³-hybridized carbons (Fsp3) is 0.393. The average molecular weight is 538 g/mol. The standard InChI is InChI=1S/C28H33F2N7O2/c1-5-36(4)28(38)23-26(34-18-7-6-8-19(14-18)37-11-9-35(3)10-12-37)31-16-32-27(23)39-22-15-21(29)25-20(24(22)30)13-17(2)33-25/h6-7,13-16,19,33H,5,8-12H2,1-4H3,(H,31,32,34). The lowest BCUT2D eigenvalue weighted by molar-refractivity contribution is 0.0799. The summed E-state index contributed by atoms with van der Waals surface area (Å²) in [5, 5.41) is 3.31. The number of rotatable bonds is 7. The molecule has 1 amide bonds. The van der Waals surface area contributed by atoms with Crippen LogP contribution < -0.4 is 10.1 Å². The zero-order valence-corrected chi connectivity index (χ0v) is 22.6. The molecule has 1 aliphatic heterocycles. The van der Waals surface area contributed by atoms with Crippen molar-refractivity contribution in [3.05, 3.63) is 65.3 Å². The highest BCUT2D eigenvalue weighted by Gasteiger charge is 2.27. The molecule has 0 saturated carbocycles. The molecule has 2 N–H and O–H groups in total. The number of nitrogens with one attached hydrogen (secondary N) is 2. The zero-order valence-electron chi connectivity index (χ0n) is 22.6. The lowest BCUT2D eigenvalue weighted by Gasteiger charge is -2.37. The van der Waals surface area contributed by atoms with Gasteiger partial charge in [-0.05, 0) is 45.5 Å². The Bertz CT molecular complexity index is 1440. The van der Waals surface area contributed by atoms with Crippen molar-refractivity contribution in [1.29, 1.82) is 0 Å². The summed E-state index contributed by atoms with van der Waals surface area (Å²) >= 11 is 0. The van der Waals surface area contributed by atoms with Gasteiger partial charge in [-0.2, -0.15) is 0 Å². The molecule has 1 aromatic carbocycles. The van der Waals surface area contributed by atoms with Crippen molar-refractivity contribution in [2.45, 2.75) is 26.3 Å². The number of amides is 1. The molecule has 1 saturated heterocycles. The summed E-state index contributed by atoms with van der Waals surface area (Å²) in [6, 6.07) is 2.67. The van der Waals surface area contributed by atoms with Crippen LogP contribution in [-0.2, 0) is 0 Å². The summed E-state index contributed by atoms with van der Waals surface area (Å²) < 4.78 is 35.9. The van der Waals surface area contributed by atoms with Crippen LogP contribution in [0.2, 0.25) is 0 Å². The van der Waals surface area contributed by atoms with Crippen molar-refractivity contribution in [1.82, 2.24) is 29.7 Å². The number of anilines is 1. The number of aromatic amines is 1. The van der Waals surface area contributed by atoms with Crippen LogP contribution in [0.3, 0.4) is 0 Å². The molecule has 1 unspecified atom stereocenters. The number of hydrogen-bond acceptors (Lipinski definition) is 7. The Morgan fingerprint density at radius 3 is 2.74 bits per heavy atom. The molecule has 3 aromatic rings. The summed E-state index contributed by atoms with van der Waals surface area (Å²) in [6.07, 6.45) is 8.30. The Kier molecular flexibility index (Phi) is 7.62. The van der Waals surface area contributed by atoms with E-state index in [1.807, 2.05) is 13.0 Å². The monoisotopic (exact) mass is 537 g/mol. The van der Waals surface area contributed by atoms with Gasteiger partial charge >= 0.3 is 0 Å². The average Bonchev–Trinajstić information content (AvgIpc) is 3.34. The number of piperazine rings is 1. The predicted octanol–water partition coefficient (Wildman–Crippen LogP) is 4.30. The molecule has 2 aliphatic rings. The fourth-order valence-electron chi connectivity index (χ4n) is 4.87. The highest BCUT2D eigenvalue weighted by Crippen LogP contribution is 2.35. The highest BCUT2D eigenvalue weighted by molar-refractivity contribution is 6.01. The number of carbonyl (C=O) groups is 1. The molecule has 2 aromatic heterocycles. The van der Waals surface area contributed by atoms with E-state index >= 15 is 4.39 Å². The van der Waals surface area contributed by atoms with Gasteiger partial charge < -0.3 is 24.8 Å². The van der Waals surface area contributed by atoms with Gasteiger partial charge in [-0.3, -0.25) is 9.69 Å². The van der Waals surface area contributed by atoms with Gasteiger partial charge in [0.2, 0.25) is 5.88 Å². The SMILES string of the molecule is CCN(C)C(=O)c1c(NC2=CC(N3CCN(C)CC3)CC=C2)ncnc1Oc1cc(F)c2[nH]c(C)cc2c1F. The van der Waals surface area contributed by atoms with Crippen LogP contribution in [0, 0.1) is 18.6 Å². The van der Waals surface area contributed by atoms with Crippen LogP contribution in [0.4, 0.5) is 14.6 Å². The number of halogens is 2. The maximum atomic E-state index is 15.3. The minimum Gasteiger partial charge on any atom is -0.435 e. The van der Waals surface area contributed by atoms with E-state index in [0.717, 1.165) is 44.4 Å². The normalized spacial score (nSPS) is 18.3. The van der Waals surface area contributed by atoms with Crippen LogP contribution in [0.15, 0.2) is 42.4 Å². The second kappa shape index (κ2) is 11.1. The Morgan fingerprint density at radius 2 is 2.00 bits per heavy atom. The van der Waals surface area contributed by atoms with Gasteiger partial charge in [-0.15, -0.1) is 0 Å². The molecule has 206 valence electrons. The first-order chi connectivity index (χ1) is 18.7. The number of carbonyl (C=O) groups excluding carboxylic acids is 1. The number of nitrogens with zero attached hydrogens (tertiary/aromatic N) is 5. The highest BCUT2D eigenvalue weighted by atomic mass is 19.1. The van der Waals surface area contributed by atoms with E-state index in [2.05, 4.69) is 49.3 Å². The number of allylic oxidation sites excluding steroid dienone is 1. The largest absolute Gasteiger partial charge is 0.435 e. The van der Waals surface area contributed by atoms with E-state index in [1.165, 1.54) is 17.3 Å². The number of hydrogen-bond donors (Lipinski definition) is 2. The zero-order chi connectivity index (χ0) is 27.7. The van der Waals surface area contributed by atoms with Crippen LogP contribution in [-0.4, -0.2) is 88.4 Å². The molecule has 1 atom stereocenters. The smallest absolute Gasteiger partial charge is 0.262 e. The van der Waals surface area contributed by atoms with E-state index in [0.29, 0.717) is 12.2 Å². The molecule has 1 fully saturated rings. The number of aryl methyl sites for hydroxylation is 1. The first-order valence-corrected chi connectivity index (χ1v) is 13.1. The Labute approximate surface area is 226 Å². The van der Waals surface area contributed by atoms with Gasteiger partial charge in [0.1, 0.15) is 11.9 Å². The van der Waals surface area contributed by atoms with E-state index in [4.69, 9.17) is 4.74 Å². The van der Waals surface area contributed by atoms with Crippen LogP contribution in [0.1, 0.15) is 29.4 Å². The lowest BCUT2D eigenvalue weighted by atomic mass is 10.0. The van der Waals surface area contributed by atoms with Gasteiger partial charge in [-0.25, -0.2) is 18.7 Å². The predicted molar refractivity (Wildman–Crippen MR) is 146 cm³/mol. The van der Waals surface area contributed by atoms with Crippen molar-refractivity contribution in [3.8, 4) is 11.6 Å². The molecule has 39 heavy (non-hydrogen) atoms. The van der Waals surface area contributed by atoms with Crippen LogP contribution in [0.25, 0.3) is 10.9 Å². The molecule has 9 nitrogen and oxygen atoms in total. The summed E-state index contributed by atoms with van der Waals surface area (Å²) in [4.78, 5) is 31.0. The molecular formula is C28H33F2N7O2. The lowest BCUT2D eigenvalue weighted by Crippen LogP contribution is -2.48. The topological polar surface area (TPSA) is 89.6 Å². The second-order valence-corrected chi connectivity index (χ2v) is 10.0. The molecule has 0 spiro atoms. The quantitative estimate of drug-likeness (QED) is 0.465. The van der Waals surface area contributed by atoms with Crippen molar-refractivity contribution in [2.75, 3.05) is 52.1 Å². The molecule has 5 rings (SSSR count). The molecule has 0 bridgehead atoms. The minimum atomic E-state index is -0.751. The Balaban J connectivity index is 1.49. The van der Waals surface area contributed by atoms with Crippen molar-refractivity contribution in [2.24, 2.45) is 0 Å². The van der Waals surface area contributed by atoms with Crippen molar-refractivity contribution < 1.29 is 18.3 Å². The maximum Gasteiger partial charge on any atom is 0.262 e. The number of aromatic nitrogens is 3. The number of ether oxygens (including phenoxy) is 1. The molecule has 11 heteroatoms. The third kappa shape index (κ3) is 5.50. The fourth-order valence-corrected chi connectivity index (χ4v) is 4.87. The number of likely N-dealkylation sites (N-methyl/N-ethyl adjacent to an activating group) is 1. The van der Waals surface area contributed by atoms with Crippen LogP contribution in [0.5, 0.6) is 11.6 Å². The van der Waals surface area contributed by atoms with Gasteiger partial charge in [-0.1, -0.05) is 6.08 Å². The third-order valence-electron chi connectivity index (χ3n) is 7.27. The Hall–Kier alpha value is -3.83. The number of benzene rings is 1. The Morgan fingerprint density at radius 1 is 1.23 bits per heavy atom. The summed E-state index contributed by atoms with van der Waals surface area (Å²) in [6.45, 7) is 7.93. The summed E-state index contributed by atoms with van der Waals surface area (Å²) in [5.74, 6) is -2.15. The second-order valence-electron chi connectivity index (χ2n) is 10.0. The van der Waals surface area contributed by atoms with Gasteiger partial charge in [0.25, 0.3) is 5.91 Å². The molecule has 1 aliphatic carbocycles. The first kappa shape index (κ1) is 26.8. The minimum absolute atomic E-state index is 0.0306. The van der Waals surface area contributed by atoms with E-state index in [-0.39, 0.29) is 40.0 Å². The van der Waals surface area contributed by atoms with Gasteiger partial charge in [0.15, 0.2) is 23.2 Å². The van der Waals surface area contributed by atoms with E-state index in [9.17, 15) is 9.18 Å². The summed E-state index contributed by atoms with van der Waals surface area (Å²) in [5.41, 5.74) is 1.47. The number of H-pyrrole nitrogens is 1. The van der Waals surface area contributed by atoms with Crippen molar-refractivity contribution >= 4 is 22.6 Å². The van der Waals surface area contributed by atoms with E-state index in [1.54, 1.807) is 14.0 Å². The molecular weight excluding hydrogens is 504 g/mol. The number of fused-ring (bicyclic) bond motifs is 1. The van der Waals surface area contributed by atoms with Gasteiger partial charge in [0.05, 0.1) is 5.52 Å². The van der Waals surface area contributed by atoms with Crippen molar-refractivity contribution in [3.63, 3.8) is 0 Å². The summed E-state index contributed by atoms with van der Waals surface area (Å²) in [7, 11) is 3.76. The van der Waals surface area contributed by atoms with E-state index < -0.39 is 17.5 Å². The molecule has 3 heterocycles. The van der Waals surface area contributed by atoms with Crippen LogP contribution >= 0.6 is 0 Å². The molecule has 0 radical (unpaired) electrons.